The van der Waals surface area contributed by atoms with E-state index >= 15 is 0 Å². The third-order valence-corrected chi connectivity index (χ3v) is 4.54. The quantitative estimate of drug-likeness (QED) is 0.546. The van der Waals surface area contributed by atoms with Crippen LogP contribution < -0.4 is 5.56 Å². The van der Waals surface area contributed by atoms with E-state index in [4.69, 9.17) is 12.2 Å². The van der Waals surface area contributed by atoms with Crippen LogP contribution in [0.2, 0.25) is 0 Å². The molecule has 0 fully saturated rings. The van der Waals surface area contributed by atoms with Gasteiger partial charge in [-0.15, -0.1) is 11.3 Å². The standard InChI is InChI=1S/C15H9N3OS2/c19-14-11-5-7-21-13(11)17-15(20)18(14)12-3-1-2-9-8-16-6-4-10(9)12/h1-8H,(H,17,20). The van der Waals surface area contributed by atoms with Crippen LogP contribution in [-0.2, 0) is 0 Å². The highest BCUT2D eigenvalue weighted by molar-refractivity contribution is 7.71. The van der Waals surface area contributed by atoms with Crippen LogP contribution in [0.1, 0.15) is 0 Å². The predicted molar refractivity (Wildman–Crippen MR) is 87.9 cm³/mol. The van der Waals surface area contributed by atoms with Gasteiger partial charge in [-0.2, -0.15) is 0 Å². The molecule has 0 saturated heterocycles. The van der Waals surface area contributed by atoms with Crippen molar-refractivity contribution in [2.75, 3.05) is 0 Å². The van der Waals surface area contributed by atoms with Crippen LogP contribution in [0.3, 0.4) is 0 Å². The first-order chi connectivity index (χ1) is 10.3. The summed E-state index contributed by atoms with van der Waals surface area (Å²) in [5.74, 6) is 0. The van der Waals surface area contributed by atoms with E-state index in [1.54, 1.807) is 17.0 Å². The molecule has 4 rings (SSSR count). The van der Waals surface area contributed by atoms with Crippen LogP contribution in [0.15, 0.2) is 52.9 Å². The minimum atomic E-state index is -0.0979. The number of aromatic amines is 1. The topological polar surface area (TPSA) is 50.7 Å². The molecular weight excluding hydrogens is 302 g/mol. The lowest BCUT2D eigenvalue weighted by molar-refractivity contribution is 0.951. The molecule has 3 heterocycles. The number of rotatable bonds is 1. The molecule has 0 aliphatic rings. The highest BCUT2D eigenvalue weighted by Crippen LogP contribution is 2.22. The van der Waals surface area contributed by atoms with Gasteiger partial charge in [-0.1, -0.05) is 12.1 Å². The number of pyridine rings is 1. The predicted octanol–water partition coefficient (Wildman–Crippen LogP) is 3.66. The van der Waals surface area contributed by atoms with Crippen molar-refractivity contribution in [1.29, 1.82) is 0 Å². The Morgan fingerprint density at radius 1 is 1.19 bits per heavy atom. The van der Waals surface area contributed by atoms with Gasteiger partial charge in [-0.3, -0.25) is 14.3 Å². The fraction of sp³-hybridized carbons (Fsp3) is 0. The third kappa shape index (κ3) is 1.84. The number of hydrogen-bond donors (Lipinski definition) is 1. The number of nitrogens with zero attached hydrogens (tertiary/aromatic N) is 2. The van der Waals surface area contributed by atoms with E-state index in [1.807, 2.05) is 35.7 Å². The van der Waals surface area contributed by atoms with Gasteiger partial charge in [-0.05, 0) is 35.8 Å². The Morgan fingerprint density at radius 3 is 3.00 bits per heavy atom. The summed E-state index contributed by atoms with van der Waals surface area (Å²) in [6.07, 6.45) is 3.49. The maximum atomic E-state index is 12.7. The molecule has 0 saturated carbocycles. The first-order valence-corrected chi connectivity index (χ1v) is 7.60. The number of H-pyrrole nitrogens is 1. The summed E-state index contributed by atoms with van der Waals surface area (Å²) in [7, 11) is 0. The van der Waals surface area contributed by atoms with E-state index in [-0.39, 0.29) is 5.56 Å². The number of thiophene rings is 1. The largest absolute Gasteiger partial charge is 0.323 e. The van der Waals surface area contributed by atoms with Crippen molar-refractivity contribution >= 4 is 44.5 Å². The number of aromatic nitrogens is 3. The van der Waals surface area contributed by atoms with Crippen LogP contribution in [0.25, 0.3) is 26.7 Å². The second kappa shape index (κ2) is 4.61. The molecule has 0 bridgehead atoms. The second-order valence-electron chi connectivity index (χ2n) is 4.61. The molecule has 0 amide bonds. The van der Waals surface area contributed by atoms with Crippen molar-refractivity contribution in [3.63, 3.8) is 0 Å². The summed E-state index contributed by atoms with van der Waals surface area (Å²) in [6, 6.07) is 9.47. The van der Waals surface area contributed by atoms with Crippen LogP contribution in [0, 0.1) is 4.77 Å². The highest BCUT2D eigenvalue weighted by Gasteiger charge is 2.10. The first kappa shape index (κ1) is 12.4. The zero-order valence-electron chi connectivity index (χ0n) is 10.7. The zero-order valence-corrected chi connectivity index (χ0v) is 12.4. The van der Waals surface area contributed by atoms with E-state index in [2.05, 4.69) is 9.97 Å². The van der Waals surface area contributed by atoms with Crippen molar-refractivity contribution in [3.05, 3.63) is 63.2 Å². The van der Waals surface area contributed by atoms with Gasteiger partial charge in [0, 0.05) is 23.2 Å². The van der Waals surface area contributed by atoms with Crippen molar-refractivity contribution < 1.29 is 0 Å². The maximum Gasteiger partial charge on any atom is 0.267 e. The van der Waals surface area contributed by atoms with Crippen LogP contribution in [0.4, 0.5) is 0 Å². The van der Waals surface area contributed by atoms with Gasteiger partial charge >= 0.3 is 0 Å². The van der Waals surface area contributed by atoms with Gasteiger partial charge < -0.3 is 4.98 Å². The summed E-state index contributed by atoms with van der Waals surface area (Å²) >= 11 is 6.85. The van der Waals surface area contributed by atoms with Gasteiger partial charge in [-0.25, -0.2) is 0 Å². The number of benzene rings is 1. The van der Waals surface area contributed by atoms with Gasteiger partial charge in [0.05, 0.1) is 11.1 Å². The monoisotopic (exact) mass is 311 g/mol. The molecular formula is C15H9N3OS2. The molecule has 0 atom stereocenters. The average molecular weight is 311 g/mol. The molecule has 6 heteroatoms. The molecule has 0 aliphatic carbocycles. The minimum Gasteiger partial charge on any atom is -0.323 e. The summed E-state index contributed by atoms with van der Waals surface area (Å²) in [6.45, 7) is 0. The van der Waals surface area contributed by atoms with Gasteiger partial charge in [0.2, 0.25) is 0 Å². The second-order valence-corrected chi connectivity index (χ2v) is 5.91. The Bertz CT molecular complexity index is 1090. The Hall–Kier alpha value is -2.31. The molecule has 3 aromatic heterocycles. The Balaban J connectivity index is 2.19. The first-order valence-electron chi connectivity index (χ1n) is 6.31. The molecule has 0 spiro atoms. The number of nitrogens with one attached hydrogen (secondary N) is 1. The average Bonchev–Trinajstić information content (AvgIpc) is 2.96. The van der Waals surface area contributed by atoms with Crippen LogP contribution >= 0.6 is 23.6 Å². The van der Waals surface area contributed by atoms with Crippen molar-refractivity contribution in [2.45, 2.75) is 0 Å². The molecule has 0 aliphatic heterocycles. The highest BCUT2D eigenvalue weighted by atomic mass is 32.1. The molecule has 21 heavy (non-hydrogen) atoms. The zero-order chi connectivity index (χ0) is 14.4. The molecule has 0 unspecified atom stereocenters. The Kier molecular flexibility index (Phi) is 2.73. The lowest BCUT2D eigenvalue weighted by Crippen LogP contribution is -2.19. The molecule has 1 aromatic carbocycles. The van der Waals surface area contributed by atoms with Gasteiger partial charge in [0.15, 0.2) is 4.77 Å². The van der Waals surface area contributed by atoms with Crippen LogP contribution in [-0.4, -0.2) is 14.5 Å². The molecule has 1 N–H and O–H groups in total. The normalized spacial score (nSPS) is 11.2. The summed E-state index contributed by atoms with van der Waals surface area (Å²) in [4.78, 5) is 20.8. The van der Waals surface area contributed by atoms with Crippen molar-refractivity contribution in [1.82, 2.24) is 14.5 Å². The fourth-order valence-electron chi connectivity index (χ4n) is 2.46. The van der Waals surface area contributed by atoms with E-state index in [1.165, 1.54) is 11.3 Å². The van der Waals surface area contributed by atoms with Crippen molar-refractivity contribution in [2.24, 2.45) is 0 Å². The van der Waals surface area contributed by atoms with Crippen LogP contribution in [0.5, 0.6) is 0 Å². The van der Waals surface area contributed by atoms with E-state index < -0.39 is 0 Å². The molecule has 4 aromatic rings. The third-order valence-electron chi connectivity index (χ3n) is 3.42. The van der Waals surface area contributed by atoms with E-state index in [9.17, 15) is 4.79 Å². The molecule has 4 nitrogen and oxygen atoms in total. The SMILES string of the molecule is O=c1c2ccsc2[nH]c(=S)n1-c1cccc2cnccc12. The van der Waals surface area contributed by atoms with Crippen molar-refractivity contribution in [3.8, 4) is 5.69 Å². The summed E-state index contributed by atoms with van der Waals surface area (Å²) in [5, 5.41) is 4.46. The summed E-state index contributed by atoms with van der Waals surface area (Å²) < 4.78 is 1.95. The number of hydrogen-bond acceptors (Lipinski definition) is 4. The summed E-state index contributed by atoms with van der Waals surface area (Å²) in [5.41, 5.74) is 0.675. The fourth-order valence-corrected chi connectivity index (χ4v) is 3.59. The Morgan fingerprint density at radius 2 is 2.10 bits per heavy atom. The van der Waals surface area contributed by atoms with E-state index in [0.29, 0.717) is 10.2 Å². The molecule has 102 valence electrons. The van der Waals surface area contributed by atoms with E-state index in [0.717, 1.165) is 21.3 Å². The molecule has 0 radical (unpaired) electrons. The van der Waals surface area contributed by atoms with Gasteiger partial charge in [0.25, 0.3) is 5.56 Å². The Labute approximate surface area is 128 Å². The van der Waals surface area contributed by atoms with Gasteiger partial charge in [0.1, 0.15) is 4.83 Å². The maximum absolute atomic E-state index is 12.7. The smallest absolute Gasteiger partial charge is 0.267 e. The number of fused-ring (bicyclic) bond motifs is 2. The lowest BCUT2D eigenvalue weighted by Gasteiger charge is -2.09. The lowest BCUT2D eigenvalue weighted by atomic mass is 10.1. The minimum absolute atomic E-state index is 0.0979.